The second-order valence-corrected chi connectivity index (χ2v) is 5.73. The molecule has 0 aliphatic carbocycles. The van der Waals surface area contributed by atoms with Gasteiger partial charge >= 0.3 is 6.18 Å². The van der Waals surface area contributed by atoms with Gasteiger partial charge in [-0.1, -0.05) is 30.3 Å². The lowest BCUT2D eigenvalue weighted by atomic mass is 10.1. The van der Waals surface area contributed by atoms with Crippen molar-refractivity contribution in [1.82, 2.24) is 5.32 Å². The lowest BCUT2D eigenvalue weighted by Gasteiger charge is -2.29. The molecule has 1 atom stereocenters. The van der Waals surface area contributed by atoms with Gasteiger partial charge < -0.3 is 14.8 Å². The molecule has 1 aliphatic rings. The van der Waals surface area contributed by atoms with Crippen LogP contribution >= 0.6 is 12.4 Å². The Balaban J connectivity index is 0.00000225. The van der Waals surface area contributed by atoms with Crippen molar-refractivity contribution in [2.24, 2.45) is 0 Å². The fraction of sp³-hybridized carbons (Fsp3) is 0.333. The van der Waals surface area contributed by atoms with Crippen molar-refractivity contribution in [3.05, 3.63) is 59.7 Å². The standard InChI is InChI=1S/C18H18F3NO2.ClH/c1-12(13-5-3-2-4-6-13)23-16-8-7-14(18(19,20)21)9-17(16)24-15-10-22-11-15;/h2-9,12,15,22H,10-11H2,1H3;1H. The molecule has 1 N–H and O–H groups in total. The molecule has 1 aliphatic heterocycles. The van der Waals surface area contributed by atoms with Crippen LogP contribution in [0.4, 0.5) is 13.2 Å². The molecule has 0 aromatic heterocycles. The molecule has 25 heavy (non-hydrogen) atoms. The summed E-state index contributed by atoms with van der Waals surface area (Å²) in [7, 11) is 0. The number of hydrogen-bond donors (Lipinski definition) is 1. The summed E-state index contributed by atoms with van der Waals surface area (Å²) >= 11 is 0. The molecule has 1 heterocycles. The number of nitrogens with one attached hydrogen (secondary N) is 1. The maximum Gasteiger partial charge on any atom is 0.416 e. The first-order chi connectivity index (χ1) is 11.4. The first-order valence-electron chi connectivity index (χ1n) is 7.73. The zero-order valence-electron chi connectivity index (χ0n) is 13.5. The maximum absolute atomic E-state index is 13.0. The van der Waals surface area contributed by atoms with Gasteiger partial charge in [-0.2, -0.15) is 13.2 Å². The van der Waals surface area contributed by atoms with E-state index in [-0.39, 0.29) is 30.4 Å². The molecule has 2 aromatic carbocycles. The first kappa shape index (κ1) is 19.4. The van der Waals surface area contributed by atoms with Crippen LogP contribution < -0.4 is 14.8 Å². The molecule has 7 heteroatoms. The number of benzene rings is 2. The van der Waals surface area contributed by atoms with Crippen LogP contribution in [-0.4, -0.2) is 19.2 Å². The molecule has 0 bridgehead atoms. The third kappa shape index (κ3) is 4.80. The number of ether oxygens (including phenoxy) is 2. The van der Waals surface area contributed by atoms with Gasteiger partial charge in [0.15, 0.2) is 11.5 Å². The van der Waals surface area contributed by atoms with Crippen molar-refractivity contribution in [3.63, 3.8) is 0 Å². The van der Waals surface area contributed by atoms with Gasteiger partial charge in [0.1, 0.15) is 12.2 Å². The normalized spacial score (nSPS) is 15.7. The summed E-state index contributed by atoms with van der Waals surface area (Å²) < 4.78 is 50.4. The minimum absolute atomic E-state index is 0. The van der Waals surface area contributed by atoms with E-state index in [1.165, 1.54) is 6.07 Å². The first-order valence-corrected chi connectivity index (χ1v) is 7.73. The predicted molar refractivity (Wildman–Crippen MR) is 91.5 cm³/mol. The van der Waals surface area contributed by atoms with Crippen molar-refractivity contribution in [2.45, 2.75) is 25.3 Å². The Bertz CT molecular complexity index is 690. The molecule has 3 nitrogen and oxygen atoms in total. The number of alkyl halides is 3. The van der Waals surface area contributed by atoms with E-state index in [2.05, 4.69) is 5.32 Å². The number of rotatable bonds is 5. The smallest absolute Gasteiger partial charge is 0.416 e. The number of hydrogen-bond acceptors (Lipinski definition) is 3. The summed E-state index contributed by atoms with van der Waals surface area (Å²) in [4.78, 5) is 0. The van der Waals surface area contributed by atoms with E-state index in [4.69, 9.17) is 9.47 Å². The maximum atomic E-state index is 13.0. The quantitative estimate of drug-likeness (QED) is 0.829. The fourth-order valence-corrected chi connectivity index (χ4v) is 2.38. The van der Waals surface area contributed by atoms with Crippen LogP contribution in [0.3, 0.4) is 0 Å². The van der Waals surface area contributed by atoms with E-state index < -0.39 is 11.7 Å². The third-order valence-electron chi connectivity index (χ3n) is 3.88. The molecule has 0 radical (unpaired) electrons. The molecule has 0 spiro atoms. The molecule has 136 valence electrons. The Morgan fingerprint density at radius 3 is 2.28 bits per heavy atom. The summed E-state index contributed by atoms with van der Waals surface area (Å²) in [5, 5.41) is 3.02. The van der Waals surface area contributed by atoms with E-state index in [0.29, 0.717) is 18.8 Å². The highest BCUT2D eigenvalue weighted by atomic mass is 35.5. The highest BCUT2D eigenvalue weighted by Gasteiger charge is 2.32. The van der Waals surface area contributed by atoms with E-state index in [1.807, 2.05) is 37.3 Å². The molecule has 1 fully saturated rings. The predicted octanol–water partition coefficient (Wildman–Crippen LogP) is 4.62. The molecule has 0 amide bonds. The van der Waals surface area contributed by atoms with Gasteiger partial charge in [0, 0.05) is 13.1 Å². The molecular formula is C18H19ClF3NO2. The lowest BCUT2D eigenvalue weighted by Crippen LogP contribution is -2.50. The van der Waals surface area contributed by atoms with E-state index in [0.717, 1.165) is 17.7 Å². The van der Waals surface area contributed by atoms with Gasteiger partial charge in [-0.15, -0.1) is 12.4 Å². The average Bonchev–Trinajstić information content (AvgIpc) is 2.52. The van der Waals surface area contributed by atoms with Crippen LogP contribution in [0, 0.1) is 0 Å². The molecule has 1 unspecified atom stereocenters. The summed E-state index contributed by atoms with van der Waals surface area (Å²) in [6, 6.07) is 12.8. The van der Waals surface area contributed by atoms with Gasteiger partial charge in [0.2, 0.25) is 0 Å². The van der Waals surface area contributed by atoms with Gasteiger partial charge in [0.25, 0.3) is 0 Å². The fourth-order valence-electron chi connectivity index (χ4n) is 2.38. The van der Waals surface area contributed by atoms with Crippen molar-refractivity contribution in [2.75, 3.05) is 13.1 Å². The third-order valence-corrected chi connectivity index (χ3v) is 3.88. The van der Waals surface area contributed by atoms with Crippen LogP contribution in [0.15, 0.2) is 48.5 Å². The SMILES string of the molecule is CC(Oc1ccc(C(F)(F)F)cc1OC1CNC1)c1ccccc1.Cl. The summed E-state index contributed by atoms with van der Waals surface area (Å²) in [6.45, 7) is 3.08. The highest BCUT2D eigenvalue weighted by molar-refractivity contribution is 5.85. The molecule has 2 aromatic rings. The molecule has 0 saturated carbocycles. The summed E-state index contributed by atoms with van der Waals surface area (Å²) in [5.41, 5.74) is 0.193. The molecule has 1 saturated heterocycles. The highest BCUT2D eigenvalue weighted by Crippen LogP contribution is 2.38. The van der Waals surface area contributed by atoms with Gasteiger partial charge in [0.05, 0.1) is 5.56 Å². The largest absolute Gasteiger partial charge is 0.484 e. The Morgan fingerprint density at radius 2 is 1.72 bits per heavy atom. The number of halogens is 4. The van der Waals surface area contributed by atoms with Crippen molar-refractivity contribution in [3.8, 4) is 11.5 Å². The van der Waals surface area contributed by atoms with Gasteiger partial charge in [-0.3, -0.25) is 0 Å². The monoisotopic (exact) mass is 373 g/mol. The molecule has 3 rings (SSSR count). The Morgan fingerprint density at radius 1 is 1.04 bits per heavy atom. The van der Waals surface area contributed by atoms with E-state index >= 15 is 0 Å². The topological polar surface area (TPSA) is 30.5 Å². The van der Waals surface area contributed by atoms with Crippen LogP contribution in [0.25, 0.3) is 0 Å². The van der Waals surface area contributed by atoms with Crippen LogP contribution in [-0.2, 0) is 6.18 Å². The Labute approximate surface area is 150 Å². The lowest BCUT2D eigenvalue weighted by molar-refractivity contribution is -0.137. The Kier molecular flexibility index (Phi) is 6.19. The van der Waals surface area contributed by atoms with Crippen LogP contribution in [0.2, 0.25) is 0 Å². The minimum Gasteiger partial charge on any atom is -0.484 e. The van der Waals surface area contributed by atoms with Crippen molar-refractivity contribution < 1.29 is 22.6 Å². The summed E-state index contributed by atoms with van der Waals surface area (Å²) in [6.07, 6.45) is -4.85. The van der Waals surface area contributed by atoms with Crippen molar-refractivity contribution >= 4 is 12.4 Å². The van der Waals surface area contributed by atoms with Gasteiger partial charge in [-0.05, 0) is 30.7 Å². The minimum atomic E-state index is -4.42. The van der Waals surface area contributed by atoms with E-state index in [1.54, 1.807) is 0 Å². The zero-order chi connectivity index (χ0) is 17.2. The molecular weight excluding hydrogens is 355 g/mol. The van der Waals surface area contributed by atoms with Crippen LogP contribution in [0.5, 0.6) is 11.5 Å². The average molecular weight is 374 g/mol. The second kappa shape index (κ2) is 7.97. The van der Waals surface area contributed by atoms with Crippen LogP contribution in [0.1, 0.15) is 24.2 Å². The van der Waals surface area contributed by atoms with E-state index in [9.17, 15) is 13.2 Å². The second-order valence-electron chi connectivity index (χ2n) is 5.73. The van der Waals surface area contributed by atoms with Crippen molar-refractivity contribution in [1.29, 1.82) is 0 Å². The Hall–Kier alpha value is -1.92. The van der Waals surface area contributed by atoms with Gasteiger partial charge in [-0.25, -0.2) is 0 Å². The summed E-state index contributed by atoms with van der Waals surface area (Å²) in [5.74, 6) is 0.436. The zero-order valence-corrected chi connectivity index (χ0v) is 14.4.